The van der Waals surface area contributed by atoms with Gasteiger partial charge in [0.2, 0.25) is 10.0 Å². The Bertz CT molecular complexity index is 2270. The van der Waals surface area contributed by atoms with E-state index in [0.717, 1.165) is 10.9 Å². The van der Waals surface area contributed by atoms with E-state index in [1.54, 1.807) is 37.3 Å². The number of nitrogens with one attached hydrogen (secondary N) is 3. The van der Waals surface area contributed by atoms with Gasteiger partial charge in [0.25, 0.3) is 15.9 Å². The largest absolute Gasteiger partial charge is 0.360 e. The fourth-order valence-electron chi connectivity index (χ4n) is 4.57. The Labute approximate surface area is 252 Å². The number of nitrogens with zero attached hydrogens (tertiary/aromatic N) is 2. The Kier molecular flexibility index (Phi) is 7.25. The number of aryl methyl sites for hydroxylation is 1. The van der Waals surface area contributed by atoms with Crippen LogP contribution < -0.4 is 20.5 Å². The predicted molar refractivity (Wildman–Crippen MR) is 167 cm³/mol. The molecule has 0 aliphatic carbocycles. The molecule has 0 spiro atoms. The van der Waals surface area contributed by atoms with Crippen molar-refractivity contribution in [2.24, 2.45) is 5.14 Å². The molecule has 6 rings (SSSR count). The SMILES string of the molecule is Cc1cc(NS(=O)(=O)c2ccc(Nc3c4ccccc4nc4ccc(C(=O)Nc5ccc(S(N)(=O)=O)cc5)cc34)cc2)no1. The topological polar surface area (TPSA) is 186 Å². The summed E-state index contributed by atoms with van der Waals surface area (Å²) >= 11 is 0. The number of rotatable bonds is 8. The lowest BCUT2D eigenvalue weighted by molar-refractivity contribution is 0.102. The van der Waals surface area contributed by atoms with Gasteiger partial charge in [0.15, 0.2) is 5.82 Å². The molecule has 0 radical (unpaired) electrons. The minimum atomic E-state index is -3.90. The molecule has 0 aliphatic rings. The second-order valence-corrected chi connectivity index (χ2v) is 13.1. The quantitative estimate of drug-likeness (QED) is 0.166. The highest BCUT2D eigenvalue weighted by atomic mass is 32.2. The van der Waals surface area contributed by atoms with Crippen LogP contribution >= 0.6 is 0 Å². The summed E-state index contributed by atoms with van der Waals surface area (Å²) in [6.45, 7) is 1.66. The smallest absolute Gasteiger partial charge is 0.263 e. The van der Waals surface area contributed by atoms with Gasteiger partial charge < -0.3 is 15.2 Å². The molecule has 2 aromatic heterocycles. The third-order valence-corrected chi connectivity index (χ3v) is 8.98. The second-order valence-electron chi connectivity index (χ2n) is 9.84. The molecule has 5 N–H and O–H groups in total. The van der Waals surface area contributed by atoms with Crippen LogP contribution in [0.5, 0.6) is 0 Å². The van der Waals surface area contributed by atoms with Crippen molar-refractivity contribution in [3.8, 4) is 0 Å². The summed E-state index contributed by atoms with van der Waals surface area (Å²) in [5.74, 6) is 0.136. The van der Waals surface area contributed by atoms with E-state index in [1.807, 2.05) is 24.3 Å². The van der Waals surface area contributed by atoms with Gasteiger partial charge in [-0.1, -0.05) is 23.4 Å². The molecule has 0 unspecified atom stereocenters. The van der Waals surface area contributed by atoms with Crippen molar-refractivity contribution in [2.45, 2.75) is 16.7 Å². The first-order valence-electron chi connectivity index (χ1n) is 13.1. The van der Waals surface area contributed by atoms with Crippen LogP contribution in [0.2, 0.25) is 0 Å². The zero-order valence-corrected chi connectivity index (χ0v) is 24.6. The highest BCUT2D eigenvalue weighted by Crippen LogP contribution is 2.34. The van der Waals surface area contributed by atoms with Gasteiger partial charge in [-0.25, -0.2) is 27.0 Å². The van der Waals surface area contributed by atoms with Crippen LogP contribution in [-0.2, 0) is 20.0 Å². The summed E-state index contributed by atoms with van der Waals surface area (Å²) in [4.78, 5) is 17.9. The number of amides is 1. The molecular formula is C30H24N6O6S2. The number of carbonyl (C=O) groups is 1. The number of benzene rings is 4. The van der Waals surface area contributed by atoms with Gasteiger partial charge >= 0.3 is 0 Å². The van der Waals surface area contributed by atoms with E-state index in [9.17, 15) is 21.6 Å². The van der Waals surface area contributed by atoms with Crippen molar-refractivity contribution in [3.63, 3.8) is 0 Å². The number of sulfonamides is 2. The van der Waals surface area contributed by atoms with Crippen molar-refractivity contribution in [1.29, 1.82) is 0 Å². The average Bonchev–Trinajstić information content (AvgIpc) is 3.40. The lowest BCUT2D eigenvalue weighted by atomic mass is 10.0. The summed E-state index contributed by atoms with van der Waals surface area (Å²) in [7, 11) is -7.76. The molecule has 2 heterocycles. The van der Waals surface area contributed by atoms with E-state index in [0.29, 0.717) is 39.3 Å². The molecule has 12 nitrogen and oxygen atoms in total. The van der Waals surface area contributed by atoms with Gasteiger partial charge in [0, 0.05) is 33.8 Å². The number of fused-ring (bicyclic) bond motifs is 2. The summed E-state index contributed by atoms with van der Waals surface area (Å²) in [6, 6.07) is 25.8. The zero-order chi connectivity index (χ0) is 31.1. The van der Waals surface area contributed by atoms with E-state index < -0.39 is 26.0 Å². The van der Waals surface area contributed by atoms with Crippen LogP contribution in [0.4, 0.5) is 22.9 Å². The van der Waals surface area contributed by atoms with E-state index >= 15 is 0 Å². The minimum absolute atomic E-state index is 0.0317. The van der Waals surface area contributed by atoms with Gasteiger partial charge in [0.05, 0.1) is 26.5 Å². The van der Waals surface area contributed by atoms with Gasteiger partial charge in [-0.05, 0) is 79.7 Å². The number of hydrogen-bond acceptors (Lipinski definition) is 9. The van der Waals surface area contributed by atoms with Gasteiger partial charge in [-0.2, -0.15) is 0 Å². The number of primary sulfonamides is 1. The molecule has 14 heteroatoms. The molecule has 0 fully saturated rings. The standard InChI is InChI=1S/C30H24N6O6S2/c1-18-16-28(35-42-18)36-44(40,41)23-13-9-20(10-14-23)32-29-24-4-2-3-5-26(24)34-27-15-6-19(17-25(27)29)30(37)33-21-7-11-22(12-8-21)43(31,38)39/h2-17H,1H3,(H,32,34)(H,33,37)(H,35,36)(H2,31,38,39). The normalized spacial score (nSPS) is 11.9. The van der Waals surface area contributed by atoms with E-state index in [1.165, 1.54) is 42.5 Å². The molecule has 0 bridgehead atoms. The Hall–Kier alpha value is -5.31. The van der Waals surface area contributed by atoms with Crippen molar-refractivity contribution in [2.75, 3.05) is 15.4 Å². The van der Waals surface area contributed by atoms with Crippen LogP contribution in [-0.4, -0.2) is 32.9 Å². The number of para-hydroxylation sites is 1. The lowest BCUT2D eigenvalue weighted by Gasteiger charge is -2.15. The highest BCUT2D eigenvalue weighted by molar-refractivity contribution is 7.92. The van der Waals surface area contributed by atoms with Crippen LogP contribution in [0.15, 0.2) is 111 Å². The fraction of sp³-hybridized carbons (Fsp3) is 0.0333. The van der Waals surface area contributed by atoms with Crippen molar-refractivity contribution in [1.82, 2.24) is 10.1 Å². The number of hydrogen-bond donors (Lipinski definition) is 4. The van der Waals surface area contributed by atoms with E-state index in [2.05, 4.69) is 20.5 Å². The number of anilines is 4. The fourth-order valence-corrected chi connectivity index (χ4v) is 6.07. The number of carbonyl (C=O) groups excluding carboxylic acids is 1. The lowest BCUT2D eigenvalue weighted by Crippen LogP contribution is -2.14. The Morgan fingerprint density at radius 1 is 0.773 bits per heavy atom. The predicted octanol–water partition coefficient (Wildman–Crippen LogP) is 5.13. The molecule has 4 aromatic carbocycles. The molecule has 0 saturated heterocycles. The maximum atomic E-state index is 13.2. The average molecular weight is 629 g/mol. The van der Waals surface area contributed by atoms with Crippen LogP contribution in [0.1, 0.15) is 16.1 Å². The molecular weight excluding hydrogens is 605 g/mol. The van der Waals surface area contributed by atoms with E-state index in [4.69, 9.17) is 14.6 Å². The summed E-state index contributed by atoms with van der Waals surface area (Å²) < 4.78 is 56.1. The maximum Gasteiger partial charge on any atom is 0.263 e. The first kappa shape index (κ1) is 28.8. The Morgan fingerprint density at radius 3 is 2.11 bits per heavy atom. The van der Waals surface area contributed by atoms with Crippen molar-refractivity contribution >= 4 is 70.6 Å². The van der Waals surface area contributed by atoms with Gasteiger partial charge in [-0.15, -0.1) is 0 Å². The van der Waals surface area contributed by atoms with Gasteiger partial charge in [-0.3, -0.25) is 9.52 Å². The molecule has 0 saturated carbocycles. The molecule has 1 amide bonds. The number of pyridine rings is 1. The molecule has 6 aromatic rings. The maximum absolute atomic E-state index is 13.2. The summed E-state index contributed by atoms with van der Waals surface area (Å²) in [6.07, 6.45) is 0. The summed E-state index contributed by atoms with van der Waals surface area (Å²) in [5.41, 5.74) is 3.35. The monoisotopic (exact) mass is 628 g/mol. The Morgan fingerprint density at radius 2 is 1.43 bits per heavy atom. The van der Waals surface area contributed by atoms with Crippen molar-refractivity contribution < 1.29 is 26.2 Å². The Balaban J connectivity index is 1.32. The highest BCUT2D eigenvalue weighted by Gasteiger charge is 2.18. The molecule has 0 atom stereocenters. The van der Waals surface area contributed by atoms with Gasteiger partial charge in [0.1, 0.15) is 5.76 Å². The third kappa shape index (κ3) is 5.94. The minimum Gasteiger partial charge on any atom is -0.360 e. The molecule has 44 heavy (non-hydrogen) atoms. The first-order chi connectivity index (χ1) is 21.0. The van der Waals surface area contributed by atoms with Crippen LogP contribution in [0, 0.1) is 6.92 Å². The number of nitrogens with two attached hydrogens (primary N) is 1. The van der Waals surface area contributed by atoms with Crippen molar-refractivity contribution in [3.05, 3.63) is 108 Å². The van der Waals surface area contributed by atoms with Crippen LogP contribution in [0.3, 0.4) is 0 Å². The first-order valence-corrected chi connectivity index (χ1v) is 16.1. The third-order valence-electron chi connectivity index (χ3n) is 6.68. The van der Waals surface area contributed by atoms with E-state index in [-0.39, 0.29) is 15.6 Å². The molecule has 0 aliphatic heterocycles. The molecule has 222 valence electrons. The summed E-state index contributed by atoms with van der Waals surface area (Å²) in [5, 5.41) is 16.4. The zero-order valence-electron chi connectivity index (χ0n) is 23.0. The van der Waals surface area contributed by atoms with Crippen LogP contribution in [0.25, 0.3) is 21.8 Å². The number of aromatic nitrogens is 2. The second kappa shape index (κ2) is 11.1.